The quantitative estimate of drug-likeness (QED) is 0.171. The lowest BCUT2D eigenvalue weighted by Gasteiger charge is -2.50. The highest BCUT2D eigenvalue weighted by molar-refractivity contribution is 8.00. The van der Waals surface area contributed by atoms with Gasteiger partial charge in [0.2, 0.25) is 5.69 Å². The van der Waals surface area contributed by atoms with Crippen molar-refractivity contribution in [3.05, 3.63) is 58.2 Å². The second kappa shape index (κ2) is 9.44. The lowest BCUT2D eigenvalue weighted by Crippen LogP contribution is -2.71. The summed E-state index contributed by atoms with van der Waals surface area (Å²) in [5, 5.41) is 17.8. The van der Waals surface area contributed by atoms with Gasteiger partial charge in [-0.05, 0) is 5.57 Å². The molecule has 2 amide bonds. The number of nitrogen functional groups attached to an aromatic ring is 1. The monoisotopic (exact) mass is 547 g/mol. The van der Waals surface area contributed by atoms with Crippen molar-refractivity contribution in [2.45, 2.75) is 18.0 Å². The van der Waals surface area contributed by atoms with Crippen molar-refractivity contribution in [3.63, 3.8) is 0 Å². The number of aliphatic carboxylic acids is 1. The van der Waals surface area contributed by atoms with Crippen LogP contribution in [0.5, 0.6) is 0 Å². The Morgan fingerprint density at radius 1 is 1.44 bits per heavy atom. The normalized spacial score (nSPS) is 19.8. The number of thioether (sulfide) groups is 1. The highest BCUT2D eigenvalue weighted by atomic mass is 35.5. The molecular formula is C21H18ClN7O5S2. The van der Waals surface area contributed by atoms with Crippen LogP contribution >= 0.6 is 34.7 Å². The number of aromatic nitrogens is 3. The molecule has 0 saturated carbocycles. The van der Waals surface area contributed by atoms with Gasteiger partial charge in [0.05, 0.1) is 24.1 Å². The van der Waals surface area contributed by atoms with E-state index in [0.29, 0.717) is 11.3 Å². The molecule has 0 bridgehead atoms. The molecule has 4 aliphatic heterocycles. The number of hydrogen-bond donors (Lipinski definition) is 2. The van der Waals surface area contributed by atoms with E-state index >= 15 is 0 Å². The Labute approximate surface area is 217 Å². The highest BCUT2D eigenvalue weighted by Gasteiger charge is 2.53. The summed E-state index contributed by atoms with van der Waals surface area (Å²) in [6.45, 7) is 0.264. The van der Waals surface area contributed by atoms with Gasteiger partial charge in [-0.1, -0.05) is 28.1 Å². The Hall–Kier alpha value is -3.62. The van der Waals surface area contributed by atoms with Gasteiger partial charge >= 0.3 is 0 Å². The van der Waals surface area contributed by atoms with Gasteiger partial charge in [0.25, 0.3) is 11.8 Å². The molecule has 1 aromatic heterocycles. The Kier molecular flexibility index (Phi) is 6.32. The average Bonchev–Trinajstić information content (AvgIpc) is 3.45. The maximum atomic E-state index is 13.0. The summed E-state index contributed by atoms with van der Waals surface area (Å²) in [5.41, 5.74) is 6.71. The summed E-state index contributed by atoms with van der Waals surface area (Å²) in [4.78, 5) is 47.9. The molecule has 2 atom stereocenters. The molecular weight excluding hydrogens is 530 g/mol. The third-order valence-corrected chi connectivity index (χ3v) is 8.08. The first-order valence-electron chi connectivity index (χ1n) is 10.5. The van der Waals surface area contributed by atoms with Crippen molar-refractivity contribution >= 4 is 63.3 Å². The van der Waals surface area contributed by atoms with Crippen LogP contribution in [-0.4, -0.2) is 62.2 Å². The van der Waals surface area contributed by atoms with E-state index in [0.717, 1.165) is 21.9 Å². The number of carboxylic acid groups (broad SMARTS) is 1. The van der Waals surface area contributed by atoms with Crippen molar-refractivity contribution in [2.24, 2.45) is 5.16 Å². The lowest BCUT2D eigenvalue weighted by molar-refractivity contribution is -0.593. The fourth-order valence-electron chi connectivity index (χ4n) is 4.09. The molecule has 1 saturated heterocycles. The number of hydrogen-bond acceptors (Lipinski definition) is 10. The summed E-state index contributed by atoms with van der Waals surface area (Å²) >= 11 is 8.40. The zero-order chi connectivity index (χ0) is 25.6. The molecule has 0 aliphatic carbocycles. The van der Waals surface area contributed by atoms with Gasteiger partial charge in [-0.2, -0.15) is 4.57 Å². The number of carbonyl (C=O) groups excluding carboxylic acids is 3. The van der Waals surface area contributed by atoms with Crippen molar-refractivity contribution in [1.29, 1.82) is 0 Å². The zero-order valence-corrected chi connectivity index (χ0v) is 21.0. The minimum atomic E-state index is -1.45. The predicted molar refractivity (Wildman–Crippen MR) is 129 cm³/mol. The van der Waals surface area contributed by atoms with E-state index in [2.05, 4.69) is 15.5 Å². The van der Waals surface area contributed by atoms with Crippen LogP contribution in [0, 0.1) is 0 Å². The van der Waals surface area contributed by atoms with Gasteiger partial charge in [0.15, 0.2) is 23.2 Å². The lowest BCUT2D eigenvalue weighted by atomic mass is 10.0. The molecule has 1 fully saturated rings. The van der Waals surface area contributed by atoms with Crippen molar-refractivity contribution < 1.29 is 28.9 Å². The van der Waals surface area contributed by atoms with Crippen LogP contribution < -0.4 is 20.7 Å². The second-order valence-corrected chi connectivity index (χ2v) is 10.6. The SMILES string of the molecule is CO/N=C(\C(=O)N[C@@H]1C(=O)N2C(C(=O)[O-])=C(Cn3cc[n+]4cccc-4c3)CS[C@H]12)c1nc(N)sc1Cl. The number of nitrogens with two attached hydrogens (primary N) is 1. The number of anilines is 1. The van der Waals surface area contributed by atoms with Crippen molar-refractivity contribution in [1.82, 2.24) is 19.8 Å². The first-order valence-corrected chi connectivity index (χ1v) is 12.7. The van der Waals surface area contributed by atoms with Crippen molar-refractivity contribution in [3.8, 4) is 5.69 Å². The van der Waals surface area contributed by atoms with Crippen LogP contribution in [0.4, 0.5) is 5.13 Å². The largest absolute Gasteiger partial charge is 0.543 e. The Balaban J connectivity index is 1.36. The molecule has 0 radical (unpaired) electrons. The number of carbonyl (C=O) groups is 3. The number of nitrogens with one attached hydrogen (secondary N) is 1. The molecule has 0 unspecified atom stereocenters. The molecule has 4 aliphatic rings. The van der Waals surface area contributed by atoms with Gasteiger partial charge in [0.1, 0.15) is 28.6 Å². The maximum Gasteiger partial charge on any atom is 0.276 e. The van der Waals surface area contributed by atoms with Crippen LogP contribution in [0.25, 0.3) is 5.69 Å². The molecule has 15 heteroatoms. The molecule has 12 nitrogen and oxygen atoms in total. The number of amides is 2. The number of oxime groups is 1. The fraction of sp³-hybridized carbons (Fsp3) is 0.238. The van der Waals surface area contributed by atoms with E-state index in [1.54, 1.807) is 0 Å². The molecule has 5 rings (SSSR count). The standard InChI is InChI=1S/C21H18ClN7O5S2/c1-34-26-13(12-16(22)36-21(23)25-12)17(30)24-14-18(31)29-15(20(32)33)10(9-35-19(14)29)7-27-5-6-28-4-2-3-11(28)8-27/h2-6,8,14,19H,7,9H2,1H3,(H3-,23,24,25,30,32,33)/b26-13-/t14-,19-/m1/s1. The molecule has 5 heterocycles. The summed E-state index contributed by atoms with van der Waals surface area (Å²) in [5.74, 6) is -2.46. The molecule has 3 N–H and O–H groups in total. The van der Waals surface area contributed by atoms with Gasteiger partial charge in [-0.25, -0.2) is 4.98 Å². The van der Waals surface area contributed by atoms with Gasteiger partial charge < -0.3 is 30.4 Å². The minimum absolute atomic E-state index is 0.0213. The second-order valence-electron chi connectivity index (χ2n) is 7.84. The van der Waals surface area contributed by atoms with E-state index in [9.17, 15) is 19.5 Å². The highest BCUT2D eigenvalue weighted by Crippen LogP contribution is 2.40. The topological polar surface area (TPSA) is 159 Å². The third kappa shape index (κ3) is 4.16. The van der Waals surface area contributed by atoms with E-state index < -0.39 is 29.2 Å². The van der Waals surface area contributed by atoms with Crippen LogP contribution in [0.3, 0.4) is 0 Å². The summed E-state index contributed by atoms with van der Waals surface area (Å²) < 4.78 is 3.90. The first kappa shape index (κ1) is 24.1. The van der Waals surface area contributed by atoms with Crippen LogP contribution in [0.2, 0.25) is 4.34 Å². The van der Waals surface area contributed by atoms with E-state index in [4.69, 9.17) is 22.2 Å². The smallest absolute Gasteiger partial charge is 0.276 e. The molecule has 36 heavy (non-hydrogen) atoms. The summed E-state index contributed by atoms with van der Waals surface area (Å²) in [7, 11) is 1.24. The fourth-order valence-corrected chi connectivity index (χ4v) is 6.35. The Bertz CT molecular complexity index is 1420. The number of β-lactam (4-membered cyclic amide) rings is 1. The summed E-state index contributed by atoms with van der Waals surface area (Å²) in [6, 6.07) is 2.84. The Morgan fingerprint density at radius 2 is 2.25 bits per heavy atom. The number of nitrogens with zero attached hydrogens (tertiary/aromatic N) is 5. The van der Waals surface area contributed by atoms with E-state index in [1.165, 1.54) is 18.9 Å². The third-order valence-electron chi connectivity index (χ3n) is 5.65. The molecule has 0 spiro atoms. The van der Waals surface area contributed by atoms with E-state index in [-0.39, 0.29) is 33.1 Å². The Morgan fingerprint density at radius 3 is 2.94 bits per heavy atom. The van der Waals surface area contributed by atoms with Gasteiger partial charge in [-0.3, -0.25) is 14.5 Å². The predicted octanol–water partition coefficient (Wildman–Crippen LogP) is -0.651. The minimum Gasteiger partial charge on any atom is -0.543 e. The molecule has 186 valence electrons. The van der Waals surface area contributed by atoms with E-state index in [1.807, 2.05) is 46.1 Å². The number of halogens is 1. The van der Waals surface area contributed by atoms with Crippen LogP contribution in [-0.2, 0) is 25.8 Å². The number of rotatable bonds is 7. The van der Waals surface area contributed by atoms with Gasteiger partial charge in [0, 0.05) is 24.4 Å². The molecule has 0 aromatic carbocycles. The molecule has 1 aromatic rings. The first-order chi connectivity index (χ1) is 17.3. The van der Waals surface area contributed by atoms with Crippen LogP contribution in [0.15, 0.2) is 53.3 Å². The summed E-state index contributed by atoms with van der Waals surface area (Å²) in [6.07, 6.45) is 7.46. The van der Waals surface area contributed by atoms with Gasteiger partial charge in [-0.15, -0.1) is 11.8 Å². The number of carboxylic acids is 1. The average molecular weight is 548 g/mol. The number of fused-ring (bicyclic) bond motifs is 2. The van der Waals surface area contributed by atoms with Crippen molar-refractivity contribution in [2.75, 3.05) is 18.6 Å². The maximum absolute atomic E-state index is 13.0. The number of thiazole rings is 1. The van der Waals surface area contributed by atoms with Crippen LogP contribution in [0.1, 0.15) is 5.69 Å². The zero-order valence-electron chi connectivity index (χ0n) is 18.6.